The highest BCUT2D eigenvalue weighted by Crippen LogP contribution is 2.31. The number of rotatable bonds is 4. The standard InChI is InChI=1S/C20H23N7OS/c1-12-22-9-14(29-12)11-26-8-4-5-13(10-26)18-24-19-15-6-3-7-16(28-2)17(15)23-20(21)27(19)25-18/h3,6-7,9,13H,4-5,8,10-11H2,1-2H3,(H2,21,23)/t13-/m1/s1. The molecule has 0 unspecified atom stereocenters. The van der Waals surface area contributed by atoms with Crippen molar-refractivity contribution >= 4 is 33.8 Å². The van der Waals surface area contributed by atoms with Crippen molar-refractivity contribution in [1.29, 1.82) is 0 Å². The van der Waals surface area contributed by atoms with Gasteiger partial charge in [-0.25, -0.2) is 15.0 Å². The number of thiazole rings is 1. The number of hydrogen-bond acceptors (Lipinski definition) is 8. The summed E-state index contributed by atoms with van der Waals surface area (Å²) in [6.07, 6.45) is 4.18. The molecule has 150 valence electrons. The molecule has 9 heteroatoms. The maximum Gasteiger partial charge on any atom is 0.223 e. The molecule has 4 aromatic rings. The fraction of sp³-hybridized carbons (Fsp3) is 0.400. The Morgan fingerprint density at radius 2 is 2.21 bits per heavy atom. The molecule has 0 saturated carbocycles. The Morgan fingerprint density at radius 3 is 3.00 bits per heavy atom. The predicted octanol–water partition coefficient (Wildman–Crippen LogP) is 3.01. The number of nitrogen functional groups attached to an aromatic ring is 1. The number of benzene rings is 1. The number of nitrogens with two attached hydrogens (primary N) is 1. The summed E-state index contributed by atoms with van der Waals surface area (Å²) in [5.41, 5.74) is 7.64. The Bertz CT molecular complexity index is 1180. The fourth-order valence-electron chi connectivity index (χ4n) is 4.09. The number of methoxy groups -OCH3 is 1. The molecule has 1 aliphatic heterocycles. The molecule has 5 rings (SSSR count). The van der Waals surface area contributed by atoms with Crippen molar-refractivity contribution in [3.8, 4) is 5.75 Å². The van der Waals surface area contributed by atoms with Gasteiger partial charge in [0.2, 0.25) is 5.95 Å². The Hall–Kier alpha value is -2.78. The maximum atomic E-state index is 6.20. The van der Waals surface area contributed by atoms with Crippen LogP contribution in [0.2, 0.25) is 0 Å². The third-order valence-electron chi connectivity index (χ3n) is 5.45. The lowest BCUT2D eigenvalue weighted by molar-refractivity contribution is 0.198. The summed E-state index contributed by atoms with van der Waals surface area (Å²) in [5.74, 6) is 2.12. The Balaban J connectivity index is 1.48. The van der Waals surface area contributed by atoms with E-state index in [1.54, 1.807) is 23.0 Å². The highest BCUT2D eigenvalue weighted by Gasteiger charge is 2.26. The smallest absolute Gasteiger partial charge is 0.223 e. The number of nitrogens with zero attached hydrogens (tertiary/aromatic N) is 6. The second kappa shape index (κ2) is 7.23. The molecule has 1 atom stereocenters. The van der Waals surface area contributed by atoms with Gasteiger partial charge in [-0.1, -0.05) is 6.07 Å². The number of aryl methyl sites for hydroxylation is 1. The minimum atomic E-state index is 0.276. The van der Waals surface area contributed by atoms with E-state index in [0.717, 1.165) is 54.3 Å². The molecule has 0 spiro atoms. The average Bonchev–Trinajstić information content (AvgIpc) is 3.35. The summed E-state index contributed by atoms with van der Waals surface area (Å²) >= 11 is 1.76. The van der Waals surface area contributed by atoms with Crippen LogP contribution in [-0.4, -0.2) is 49.7 Å². The highest BCUT2D eigenvalue weighted by atomic mass is 32.1. The molecule has 2 N–H and O–H groups in total. The van der Waals surface area contributed by atoms with Crippen LogP contribution in [0.5, 0.6) is 5.75 Å². The highest BCUT2D eigenvalue weighted by molar-refractivity contribution is 7.11. The van der Waals surface area contributed by atoms with Gasteiger partial charge in [0.15, 0.2) is 11.5 Å². The lowest BCUT2D eigenvalue weighted by Crippen LogP contribution is -2.34. The molecule has 3 aromatic heterocycles. The normalized spacial score (nSPS) is 17.9. The van der Waals surface area contributed by atoms with Gasteiger partial charge >= 0.3 is 0 Å². The van der Waals surface area contributed by atoms with Gasteiger partial charge in [0.1, 0.15) is 11.3 Å². The minimum absolute atomic E-state index is 0.276. The molecular weight excluding hydrogens is 386 g/mol. The van der Waals surface area contributed by atoms with E-state index in [1.165, 1.54) is 4.88 Å². The van der Waals surface area contributed by atoms with Crippen LogP contribution in [0.4, 0.5) is 5.95 Å². The molecule has 1 fully saturated rings. The first-order valence-corrected chi connectivity index (χ1v) is 10.6. The largest absolute Gasteiger partial charge is 0.494 e. The van der Waals surface area contributed by atoms with Crippen molar-refractivity contribution in [2.24, 2.45) is 0 Å². The van der Waals surface area contributed by atoms with E-state index in [0.29, 0.717) is 17.2 Å². The van der Waals surface area contributed by atoms with Crippen molar-refractivity contribution in [2.75, 3.05) is 25.9 Å². The first-order chi connectivity index (χ1) is 14.1. The van der Waals surface area contributed by atoms with Gasteiger partial charge < -0.3 is 10.5 Å². The van der Waals surface area contributed by atoms with E-state index in [1.807, 2.05) is 31.3 Å². The second-order valence-electron chi connectivity index (χ2n) is 7.45. The maximum absolute atomic E-state index is 6.20. The Labute approximate surface area is 172 Å². The fourth-order valence-corrected chi connectivity index (χ4v) is 4.93. The SMILES string of the molecule is COc1cccc2c1nc(N)n1nc([C@@H]3CCCN(Cc4cnc(C)s4)C3)nc21. The van der Waals surface area contributed by atoms with Crippen molar-refractivity contribution in [3.63, 3.8) is 0 Å². The number of anilines is 1. The second-order valence-corrected chi connectivity index (χ2v) is 8.77. The number of likely N-dealkylation sites (tertiary alicyclic amines) is 1. The van der Waals surface area contributed by atoms with Crippen LogP contribution in [0, 0.1) is 6.92 Å². The number of para-hydroxylation sites is 1. The lowest BCUT2D eigenvalue weighted by Gasteiger charge is -2.30. The van der Waals surface area contributed by atoms with E-state index in [9.17, 15) is 0 Å². The van der Waals surface area contributed by atoms with E-state index < -0.39 is 0 Å². The number of hydrogen-bond donors (Lipinski definition) is 1. The Morgan fingerprint density at radius 1 is 1.31 bits per heavy atom. The van der Waals surface area contributed by atoms with Crippen LogP contribution >= 0.6 is 11.3 Å². The summed E-state index contributed by atoms with van der Waals surface area (Å²) < 4.78 is 7.10. The van der Waals surface area contributed by atoms with E-state index >= 15 is 0 Å². The van der Waals surface area contributed by atoms with Gasteiger partial charge in [0.25, 0.3) is 0 Å². The van der Waals surface area contributed by atoms with Crippen molar-refractivity contribution in [1.82, 2.24) is 29.5 Å². The molecule has 1 aliphatic rings. The van der Waals surface area contributed by atoms with E-state index in [2.05, 4.69) is 14.9 Å². The average molecular weight is 410 g/mol. The molecule has 0 bridgehead atoms. The zero-order valence-electron chi connectivity index (χ0n) is 16.5. The summed E-state index contributed by atoms with van der Waals surface area (Å²) in [6.45, 7) is 5.00. The summed E-state index contributed by atoms with van der Waals surface area (Å²) in [6, 6.07) is 5.80. The third kappa shape index (κ3) is 3.30. The molecule has 0 aliphatic carbocycles. The number of aromatic nitrogens is 5. The molecule has 29 heavy (non-hydrogen) atoms. The van der Waals surface area contributed by atoms with Crippen LogP contribution in [0.15, 0.2) is 24.4 Å². The third-order valence-corrected chi connectivity index (χ3v) is 6.34. The molecular formula is C20H23N7OS. The van der Waals surface area contributed by atoms with E-state index in [-0.39, 0.29) is 5.92 Å². The first-order valence-electron chi connectivity index (χ1n) is 9.75. The van der Waals surface area contributed by atoms with Crippen molar-refractivity contribution in [3.05, 3.63) is 40.1 Å². The van der Waals surface area contributed by atoms with Gasteiger partial charge in [-0.05, 0) is 38.4 Å². The molecule has 0 amide bonds. The van der Waals surface area contributed by atoms with Crippen LogP contribution in [-0.2, 0) is 6.54 Å². The summed E-state index contributed by atoms with van der Waals surface area (Å²) in [5, 5.41) is 6.73. The summed E-state index contributed by atoms with van der Waals surface area (Å²) in [7, 11) is 1.63. The molecule has 0 radical (unpaired) electrons. The van der Waals surface area contributed by atoms with Gasteiger partial charge in [-0.15, -0.1) is 16.4 Å². The van der Waals surface area contributed by atoms with Gasteiger partial charge in [0.05, 0.1) is 12.1 Å². The van der Waals surface area contributed by atoms with Gasteiger partial charge in [-0.3, -0.25) is 4.90 Å². The molecule has 4 heterocycles. The minimum Gasteiger partial charge on any atom is -0.494 e. The number of piperidine rings is 1. The first kappa shape index (κ1) is 18.3. The lowest BCUT2D eigenvalue weighted by atomic mass is 9.97. The molecule has 1 saturated heterocycles. The van der Waals surface area contributed by atoms with Crippen molar-refractivity contribution < 1.29 is 4.74 Å². The quantitative estimate of drug-likeness (QED) is 0.554. The van der Waals surface area contributed by atoms with E-state index in [4.69, 9.17) is 20.6 Å². The van der Waals surface area contributed by atoms with Crippen LogP contribution in [0.25, 0.3) is 16.6 Å². The summed E-state index contributed by atoms with van der Waals surface area (Å²) in [4.78, 5) is 17.5. The van der Waals surface area contributed by atoms with Gasteiger partial charge in [-0.2, -0.15) is 4.52 Å². The van der Waals surface area contributed by atoms with Crippen LogP contribution < -0.4 is 10.5 Å². The Kier molecular flexibility index (Phi) is 4.56. The van der Waals surface area contributed by atoms with Gasteiger partial charge in [0, 0.05) is 35.5 Å². The topological polar surface area (TPSA) is 94.5 Å². The number of ether oxygens (including phenoxy) is 1. The molecule has 8 nitrogen and oxygen atoms in total. The predicted molar refractivity (Wildman–Crippen MR) is 113 cm³/mol. The monoisotopic (exact) mass is 409 g/mol. The van der Waals surface area contributed by atoms with Crippen molar-refractivity contribution in [2.45, 2.75) is 32.2 Å². The van der Waals surface area contributed by atoms with Crippen LogP contribution in [0.3, 0.4) is 0 Å². The van der Waals surface area contributed by atoms with Crippen LogP contribution in [0.1, 0.15) is 34.5 Å². The zero-order valence-corrected chi connectivity index (χ0v) is 17.3. The zero-order chi connectivity index (χ0) is 20.0. The molecule has 1 aromatic carbocycles. The number of fused-ring (bicyclic) bond motifs is 3.